The molecule has 0 aliphatic heterocycles. The van der Waals surface area contributed by atoms with Crippen molar-refractivity contribution in [2.75, 3.05) is 0 Å². The molecule has 0 radical (unpaired) electrons. The maximum absolute atomic E-state index is 11.4. The fourth-order valence-electron chi connectivity index (χ4n) is 2.42. The molecule has 0 aromatic heterocycles. The van der Waals surface area contributed by atoms with E-state index in [2.05, 4.69) is 0 Å². The first-order chi connectivity index (χ1) is 12.2. The van der Waals surface area contributed by atoms with Crippen molar-refractivity contribution in [2.24, 2.45) is 0 Å². The fraction of sp³-hybridized carbons (Fsp3) is 0. The number of carbonyl (C=O) groups is 4. The summed E-state index contributed by atoms with van der Waals surface area (Å²) < 4.78 is 0. The predicted molar refractivity (Wildman–Crippen MR) is 89.6 cm³/mol. The Kier molecular flexibility index (Phi) is 5.17. The molecule has 2 aromatic carbocycles. The Balaban J connectivity index is 2.67. The van der Waals surface area contributed by atoms with Gasteiger partial charge in [-0.1, -0.05) is 30.4 Å². The quantitative estimate of drug-likeness (QED) is 0.577. The predicted octanol–water partition coefficient (Wildman–Crippen LogP) is 2.65. The second kappa shape index (κ2) is 7.31. The highest BCUT2D eigenvalue weighted by atomic mass is 16.4. The second-order valence-corrected chi connectivity index (χ2v) is 5.09. The lowest BCUT2D eigenvalue weighted by molar-refractivity contribution is 0.0651. The first-order valence-electron chi connectivity index (χ1n) is 7.11. The van der Waals surface area contributed by atoms with Crippen molar-refractivity contribution in [1.82, 2.24) is 0 Å². The molecular weight excluding hydrogens is 344 g/mol. The molecule has 132 valence electrons. The lowest BCUT2D eigenvalue weighted by atomic mass is 9.97. The van der Waals surface area contributed by atoms with Crippen LogP contribution >= 0.6 is 0 Å². The van der Waals surface area contributed by atoms with Crippen LogP contribution in [0, 0.1) is 0 Å². The number of carboxylic acid groups (broad SMARTS) is 4. The van der Waals surface area contributed by atoms with Crippen molar-refractivity contribution < 1.29 is 39.6 Å². The molecule has 0 fully saturated rings. The molecule has 0 heterocycles. The van der Waals surface area contributed by atoms with Crippen LogP contribution in [0.1, 0.15) is 52.6 Å². The normalized spacial score (nSPS) is 10.6. The van der Waals surface area contributed by atoms with Crippen molar-refractivity contribution in [3.05, 3.63) is 69.8 Å². The standard InChI is InChI=1S/C18H12O8/c19-15(20)11-4-2-5-12(16(21)22)10(11)8-7-9-3-1-6-13(17(23)24)14(9)18(25)26/h1-8H,(H,19,20)(H,21,22)(H,23,24)(H,25,26)/b8-7+. The van der Waals surface area contributed by atoms with Crippen LogP contribution in [-0.4, -0.2) is 44.3 Å². The molecule has 0 bridgehead atoms. The number of benzene rings is 2. The van der Waals surface area contributed by atoms with E-state index in [4.69, 9.17) is 5.11 Å². The summed E-state index contributed by atoms with van der Waals surface area (Å²) in [7, 11) is 0. The molecule has 0 aliphatic carbocycles. The van der Waals surface area contributed by atoms with Gasteiger partial charge in [0, 0.05) is 5.56 Å². The maximum Gasteiger partial charge on any atom is 0.337 e. The minimum absolute atomic E-state index is 0.00562. The van der Waals surface area contributed by atoms with Gasteiger partial charge in [-0.15, -0.1) is 0 Å². The molecule has 0 unspecified atom stereocenters. The number of rotatable bonds is 6. The summed E-state index contributed by atoms with van der Waals surface area (Å²) in [6.45, 7) is 0. The lowest BCUT2D eigenvalue weighted by Crippen LogP contribution is -2.10. The van der Waals surface area contributed by atoms with Gasteiger partial charge in [0.2, 0.25) is 0 Å². The topological polar surface area (TPSA) is 149 Å². The molecule has 2 rings (SSSR count). The zero-order chi connectivity index (χ0) is 19.4. The summed E-state index contributed by atoms with van der Waals surface area (Å²) >= 11 is 0. The van der Waals surface area contributed by atoms with Gasteiger partial charge >= 0.3 is 23.9 Å². The van der Waals surface area contributed by atoms with Gasteiger partial charge in [-0.3, -0.25) is 0 Å². The Morgan fingerprint density at radius 3 is 1.54 bits per heavy atom. The van der Waals surface area contributed by atoms with Gasteiger partial charge in [0.15, 0.2) is 0 Å². The molecule has 0 aliphatic rings. The van der Waals surface area contributed by atoms with Gasteiger partial charge in [-0.05, 0) is 23.8 Å². The number of hydrogen-bond donors (Lipinski definition) is 4. The average molecular weight is 356 g/mol. The first-order valence-corrected chi connectivity index (χ1v) is 7.11. The van der Waals surface area contributed by atoms with Crippen molar-refractivity contribution in [3.63, 3.8) is 0 Å². The molecule has 8 heteroatoms. The Labute approximate surface area is 146 Å². The third kappa shape index (κ3) is 3.59. The van der Waals surface area contributed by atoms with E-state index in [1.54, 1.807) is 0 Å². The highest BCUT2D eigenvalue weighted by Gasteiger charge is 2.20. The van der Waals surface area contributed by atoms with Gasteiger partial charge in [-0.2, -0.15) is 0 Å². The van der Waals surface area contributed by atoms with Crippen LogP contribution in [0.3, 0.4) is 0 Å². The molecule has 0 spiro atoms. The molecule has 0 saturated heterocycles. The largest absolute Gasteiger partial charge is 0.478 e. The van der Waals surface area contributed by atoms with E-state index in [0.29, 0.717) is 0 Å². The van der Waals surface area contributed by atoms with E-state index in [-0.39, 0.29) is 22.3 Å². The van der Waals surface area contributed by atoms with Crippen LogP contribution in [-0.2, 0) is 0 Å². The monoisotopic (exact) mass is 356 g/mol. The van der Waals surface area contributed by atoms with E-state index in [0.717, 1.165) is 12.1 Å². The summed E-state index contributed by atoms with van der Waals surface area (Å²) in [5.41, 5.74) is -1.64. The fourth-order valence-corrected chi connectivity index (χ4v) is 2.42. The summed E-state index contributed by atoms with van der Waals surface area (Å²) in [4.78, 5) is 45.3. The van der Waals surface area contributed by atoms with E-state index in [1.165, 1.54) is 36.4 Å². The first kappa shape index (κ1) is 18.4. The van der Waals surface area contributed by atoms with Gasteiger partial charge in [0.25, 0.3) is 0 Å². The Morgan fingerprint density at radius 1 is 0.615 bits per heavy atom. The Bertz CT molecular complexity index is 923. The SMILES string of the molecule is O=C(O)c1cccc(C(=O)O)c1/C=C/c1cccc(C(=O)O)c1C(=O)O. The van der Waals surface area contributed by atoms with Gasteiger partial charge in [0.1, 0.15) is 0 Å². The molecule has 2 aromatic rings. The molecule has 0 amide bonds. The van der Waals surface area contributed by atoms with Crippen LogP contribution in [0.4, 0.5) is 0 Å². The van der Waals surface area contributed by atoms with Gasteiger partial charge < -0.3 is 20.4 Å². The van der Waals surface area contributed by atoms with Crippen LogP contribution in [0.15, 0.2) is 36.4 Å². The third-order valence-corrected chi connectivity index (χ3v) is 3.54. The summed E-state index contributed by atoms with van der Waals surface area (Å²) in [6, 6.07) is 7.47. The summed E-state index contributed by atoms with van der Waals surface area (Å²) in [5, 5.41) is 36.9. The summed E-state index contributed by atoms with van der Waals surface area (Å²) in [6.07, 6.45) is 2.31. The number of carboxylic acids is 4. The minimum atomic E-state index is -1.48. The molecule has 0 saturated carbocycles. The van der Waals surface area contributed by atoms with Crippen LogP contribution in [0.25, 0.3) is 12.2 Å². The number of aromatic carboxylic acids is 4. The molecule has 26 heavy (non-hydrogen) atoms. The van der Waals surface area contributed by atoms with Crippen LogP contribution in [0.5, 0.6) is 0 Å². The highest BCUT2D eigenvalue weighted by Crippen LogP contribution is 2.22. The Hall–Kier alpha value is -3.94. The van der Waals surface area contributed by atoms with E-state index in [9.17, 15) is 34.5 Å². The molecule has 4 N–H and O–H groups in total. The molecule has 0 atom stereocenters. The van der Waals surface area contributed by atoms with Crippen molar-refractivity contribution in [3.8, 4) is 0 Å². The number of hydrogen-bond acceptors (Lipinski definition) is 4. The third-order valence-electron chi connectivity index (χ3n) is 3.54. The van der Waals surface area contributed by atoms with Crippen molar-refractivity contribution >= 4 is 36.0 Å². The van der Waals surface area contributed by atoms with Crippen LogP contribution < -0.4 is 0 Å². The highest BCUT2D eigenvalue weighted by molar-refractivity contribution is 6.06. The average Bonchev–Trinajstić information content (AvgIpc) is 2.58. The van der Waals surface area contributed by atoms with Crippen LogP contribution in [0.2, 0.25) is 0 Å². The second-order valence-electron chi connectivity index (χ2n) is 5.09. The van der Waals surface area contributed by atoms with Gasteiger partial charge in [0.05, 0.1) is 22.3 Å². The zero-order valence-electron chi connectivity index (χ0n) is 13.0. The Morgan fingerprint density at radius 2 is 1.08 bits per heavy atom. The van der Waals surface area contributed by atoms with E-state index in [1.807, 2.05) is 0 Å². The zero-order valence-corrected chi connectivity index (χ0v) is 13.0. The van der Waals surface area contributed by atoms with E-state index < -0.39 is 35.0 Å². The minimum Gasteiger partial charge on any atom is -0.478 e. The van der Waals surface area contributed by atoms with E-state index >= 15 is 0 Å². The lowest BCUT2D eigenvalue weighted by Gasteiger charge is -2.08. The summed E-state index contributed by atoms with van der Waals surface area (Å²) in [5.74, 6) is -5.63. The smallest absolute Gasteiger partial charge is 0.337 e. The van der Waals surface area contributed by atoms with Crippen molar-refractivity contribution in [2.45, 2.75) is 0 Å². The molecule has 8 nitrogen and oxygen atoms in total. The van der Waals surface area contributed by atoms with Crippen molar-refractivity contribution in [1.29, 1.82) is 0 Å². The maximum atomic E-state index is 11.4. The molecular formula is C18H12O8. The van der Waals surface area contributed by atoms with Gasteiger partial charge in [-0.25, -0.2) is 19.2 Å².